The van der Waals surface area contributed by atoms with E-state index in [-0.39, 0.29) is 58.0 Å². The minimum atomic E-state index is -1.41. The number of hydrogen-bond acceptors (Lipinski definition) is 4. The van der Waals surface area contributed by atoms with Crippen molar-refractivity contribution in [2.24, 2.45) is 0 Å². The molecule has 0 aliphatic carbocycles. The molecule has 4 nitrogen and oxygen atoms in total. The van der Waals surface area contributed by atoms with Gasteiger partial charge in [-0.3, -0.25) is 0 Å². The van der Waals surface area contributed by atoms with Gasteiger partial charge in [-0.15, -0.1) is 0 Å². The molecular formula is C6H7KO4. The van der Waals surface area contributed by atoms with Crippen LogP contribution in [-0.2, 0) is 14.3 Å². The van der Waals surface area contributed by atoms with Gasteiger partial charge >= 0.3 is 57.4 Å². The molecule has 0 N–H and O–H groups in total. The average Bonchev–Trinajstić information content (AvgIpc) is 1.85. The summed E-state index contributed by atoms with van der Waals surface area (Å²) in [6, 6.07) is 0. The first-order chi connectivity index (χ1) is 4.66. The van der Waals surface area contributed by atoms with E-state index in [0.717, 1.165) is 6.08 Å². The van der Waals surface area contributed by atoms with Gasteiger partial charge in [0.25, 0.3) is 0 Å². The van der Waals surface area contributed by atoms with E-state index < -0.39 is 11.9 Å². The van der Waals surface area contributed by atoms with Crippen molar-refractivity contribution in [1.82, 2.24) is 0 Å². The van der Waals surface area contributed by atoms with E-state index in [2.05, 4.69) is 4.74 Å². The van der Waals surface area contributed by atoms with E-state index in [4.69, 9.17) is 0 Å². The molecule has 0 spiro atoms. The summed E-state index contributed by atoms with van der Waals surface area (Å²) >= 11 is 0. The number of carboxylic acids is 1. The van der Waals surface area contributed by atoms with Crippen molar-refractivity contribution < 1.29 is 70.8 Å². The molecule has 11 heavy (non-hydrogen) atoms. The Bertz CT molecular complexity index is 164. The number of esters is 1. The van der Waals surface area contributed by atoms with Crippen LogP contribution in [0.15, 0.2) is 12.2 Å². The Kier molecular flexibility index (Phi) is 10.6. The molecule has 0 aromatic carbocycles. The molecule has 0 rings (SSSR count). The molecule has 0 aliphatic heterocycles. The third-order valence-electron chi connectivity index (χ3n) is 0.642. The van der Waals surface area contributed by atoms with E-state index in [9.17, 15) is 14.7 Å². The van der Waals surface area contributed by atoms with Gasteiger partial charge in [0.05, 0.1) is 12.6 Å². The van der Waals surface area contributed by atoms with E-state index in [1.54, 1.807) is 6.92 Å². The summed E-state index contributed by atoms with van der Waals surface area (Å²) in [5.74, 6) is -2.08. The topological polar surface area (TPSA) is 66.4 Å². The summed E-state index contributed by atoms with van der Waals surface area (Å²) in [6.45, 7) is 1.86. The number of ether oxygens (including phenoxy) is 1. The number of carbonyl (C=O) groups excluding carboxylic acids is 2. The van der Waals surface area contributed by atoms with Crippen molar-refractivity contribution >= 4 is 11.9 Å². The van der Waals surface area contributed by atoms with E-state index in [1.165, 1.54) is 0 Å². The molecule has 0 saturated heterocycles. The minimum absolute atomic E-state index is 0. The van der Waals surface area contributed by atoms with Crippen molar-refractivity contribution in [2.45, 2.75) is 6.92 Å². The fraction of sp³-hybridized carbons (Fsp3) is 0.333. The van der Waals surface area contributed by atoms with Gasteiger partial charge in [-0.25, -0.2) is 4.79 Å². The molecule has 0 aliphatic rings. The molecular weight excluding hydrogens is 175 g/mol. The summed E-state index contributed by atoms with van der Waals surface area (Å²) in [4.78, 5) is 20.0. The maximum Gasteiger partial charge on any atom is 1.00 e. The first kappa shape index (κ1) is 13.9. The van der Waals surface area contributed by atoms with Gasteiger partial charge in [-0.1, -0.05) is 0 Å². The molecule has 0 fully saturated rings. The Hall–Kier alpha value is 0.316. The molecule has 56 valence electrons. The Morgan fingerprint density at radius 2 is 2.00 bits per heavy atom. The van der Waals surface area contributed by atoms with Crippen molar-refractivity contribution in [3.05, 3.63) is 12.2 Å². The van der Waals surface area contributed by atoms with Crippen LogP contribution in [0.3, 0.4) is 0 Å². The Morgan fingerprint density at radius 1 is 1.45 bits per heavy atom. The number of hydrogen-bond donors (Lipinski definition) is 0. The second-order valence-corrected chi connectivity index (χ2v) is 1.40. The first-order valence-corrected chi connectivity index (χ1v) is 2.72. The smallest absolute Gasteiger partial charge is 0.545 e. The molecule has 0 amide bonds. The van der Waals surface area contributed by atoms with Crippen LogP contribution in [0.25, 0.3) is 0 Å². The maximum absolute atomic E-state index is 10.3. The molecule has 0 heterocycles. The van der Waals surface area contributed by atoms with Gasteiger partial charge in [-0.05, 0) is 13.0 Å². The van der Waals surface area contributed by atoms with E-state index in [0.29, 0.717) is 6.08 Å². The third kappa shape index (κ3) is 10.3. The van der Waals surface area contributed by atoms with Crippen LogP contribution < -0.4 is 56.5 Å². The first-order valence-electron chi connectivity index (χ1n) is 2.72. The Labute approximate surface area is 107 Å². The second-order valence-electron chi connectivity index (χ2n) is 1.40. The van der Waals surface area contributed by atoms with Crippen molar-refractivity contribution in [2.75, 3.05) is 6.61 Å². The van der Waals surface area contributed by atoms with Crippen LogP contribution in [0, 0.1) is 0 Å². The minimum Gasteiger partial charge on any atom is -0.545 e. The predicted molar refractivity (Wildman–Crippen MR) is 30.8 cm³/mol. The van der Waals surface area contributed by atoms with Gasteiger partial charge < -0.3 is 14.6 Å². The summed E-state index contributed by atoms with van der Waals surface area (Å²) in [7, 11) is 0. The standard InChI is InChI=1S/C6H8O4.K/c1-2-10-6(9)4-3-5(7)8;/h3-4H,2H2,1H3,(H,7,8);/q;+1/p-1/b4-3-;. The number of rotatable bonds is 3. The number of carbonyl (C=O) groups is 2. The monoisotopic (exact) mass is 182 g/mol. The zero-order valence-corrected chi connectivity index (χ0v) is 9.62. The molecule has 0 aromatic heterocycles. The van der Waals surface area contributed by atoms with E-state index >= 15 is 0 Å². The van der Waals surface area contributed by atoms with Crippen LogP contribution in [0.2, 0.25) is 0 Å². The van der Waals surface area contributed by atoms with Gasteiger partial charge in [-0.2, -0.15) is 0 Å². The van der Waals surface area contributed by atoms with Crippen LogP contribution in [0.1, 0.15) is 6.92 Å². The fourth-order valence-electron chi connectivity index (χ4n) is 0.326. The zero-order valence-electron chi connectivity index (χ0n) is 6.49. The SMILES string of the molecule is CCOC(=O)/C=C\C(=O)[O-].[K+]. The van der Waals surface area contributed by atoms with Gasteiger partial charge in [0, 0.05) is 6.08 Å². The van der Waals surface area contributed by atoms with Crippen LogP contribution in [0.5, 0.6) is 0 Å². The summed E-state index contributed by atoms with van der Waals surface area (Å²) in [5, 5.41) is 9.70. The van der Waals surface area contributed by atoms with Crippen molar-refractivity contribution in [3.63, 3.8) is 0 Å². The van der Waals surface area contributed by atoms with Crippen LogP contribution >= 0.6 is 0 Å². The fourth-order valence-corrected chi connectivity index (χ4v) is 0.326. The molecule has 0 atom stereocenters. The molecule has 0 bridgehead atoms. The maximum atomic E-state index is 10.3. The normalized spacial score (nSPS) is 8.82. The molecule has 0 aromatic rings. The van der Waals surface area contributed by atoms with Gasteiger partial charge in [0.2, 0.25) is 0 Å². The molecule has 0 radical (unpaired) electrons. The quantitative estimate of drug-likeness (QED) is 0.252. The van der Waals surface area contributed by atoms with Crippen LogP contribution in [-0.4, -0.2) is 18.5 Å². The molecule has 5 heteroatoms. The van der Waals surface area contributed by atoms with Crippen molar-refractivity contribution in [1.29, 1.82) is 0 Å². The van der Waals surface area contributed by atoms with Gasteiger partial charge in [0.15, 0.2) is 0 Å². The predicted octanol–water partition coefficient (Wildman–Crippen LogP) is -4.14. The Morgan fingerprint density at radius 3 is 2.36 bits per heavy atom. The summed E-state index contributed by atoms with van der Waals surface area (Å²) < 4.78 is 4.38. The number of aliphatic carboxylic acids is 1. The largest absolute Gasteiger partial charge is 1.00 e. The third-order valence-corrected chi connectivity index (χ3v) is 0.642. The van der Waals surface area contributed by atoms with Crippen LogP contribution in [0.4, 0.5) is 0 Å². The van der Waals surface area contributed by atoms with Crippen molar-refractivity contribution in [3.8, 4) is 0 Å². The van der Waals surface area contributed by atoms with E-state index in [1.807, 2.05) is 0 Å². The molecule has 0 saturated carbocycles. The summed E-state index contributed by atoms with van der Waals surface area (Å²) in [5.41, 5.74) is 0. The summed E-state index contributed by atoms with van der Waals surface area (Å²) in [6.07, 6.45) is 1.43. The van der Waals surface area contributed by atoms with Gasteiger partial charge in [0.1, 0.15) is 0 Å². The molecule has 0 unspecified atom stereocenters. The zero-order chi connectivity index (χ0) is 7.98. The average molecular weight is 182 g/mol. The second kappa shape index (κ2) is 8.41. The number of carboxylic acid groups (broad SMARTS) is 1. The Balaban J connectivity index is 0.